The number of methoxy groups -OCH3 is 1. The van der Waals surface area contributed by atoms with Gasteiger partial charge in [-0.1, -0.05) is 72.8 Å². The van der Waals surface area contributed by atoms with Crippen LogP contribution in [0.3, 0.4) is 0 Å². The van der Waals surface area contributed by atoms with Crippen molar-refractivity contribution in [2.45, 2.75) is 12.7 Å². The van der Waals surface area contributed by atoms with Crippen molar-refractivity contribution in [2.75, 3.05) is 7.11 Å². The Morgan fingerprint density at radius 2 is 1.48 bits per heavy atom. The molecule has 0 bridgehead atoms. The second-order valence-corrected chi connectivity index (χ2v) is 7.33. The van der Waals surface area contributed by atoms with Crippen molar-refractivity contribution in [1.29, 1.82) is 0 Å². The van der Waals surface area contributed by atoms with E-state index in [4.69, 9.17) is 14.2 Å². The Bertz CT molecular complexity index is 1160. The van der Waals surface area contributed by atoms with Crippen molar-refractivity contribution in [1.82, 2.24) is 0 Å². The van der Waals surface area contributed by atoms with E-state index >= 15 is 0 Å². The number of carbonyl (C=O) groups is 1. The molecule has 0 aliphatic carbocycles. The molecule has 0 spiro atoms. The Hall–Kier alpha value is -4.32. The monoisotopic (exact) mass is 441 g/mol. The summed E-state index contributed by atoms with van der Waals surface area (Å²) in [6.45, 7) is 0.210. The Balaban J connectivity index is 1.67. The van der Waals surface area contributed by atoms with Crippen molar-refractivity contribution in [3.05, 3.63) is 125 Å². The first-order valence-electron chi connectivity index (χ1n) is 10.4. The molecule has 0 fully saturated rings. The third-order valence-electron chi connectivity index (χ3n) is 5.13. The van der Waals surface area contributed by atoms with Crippen molar-refractivity contribution < 1.29 is 23.7 Å². The van der Waals surface area contributed by atoms with Crippen molar-refractivity contribution in [3.63, 3.8) is 0 Å². The van der Waals surface area contributed by atoms with Gasteiger partial charge in [-0.25, -0.2) is 0 Å². The highest BCUT2D eigenvalue weighted by atomic mass is 16.5. The lowest BCUT2D eigenvalue weighted by molar-refractivity contribution is -0.607. The lowest BCUT2D eigenvalue weighted by atomic mass is 10.0. The zero-order chi connectivity index (χ0) is 23.0. The molecule has 0 aliphatic rings. The van der Waals surface area contributed by atoms with E-state index in [0.717, 1.165) is 22.4 Å². The summed E-state index contributed by atoms with van der Waals surface area (Å²) < 4.78 is 18.0. The van der Waals surface area contributed by atoms with Gasteiger partial charge in [0, 0.05) is 0 Å². The maximum absolute atomic E-state index is 12.3. The molecular formula is C27H23NO5. The van der Waals surface area contributed by atoms with Crippen LogP contribution >= 0.6 is 0 Å². The van der Waals surface area contributed by atoms with Crippen molar-refractivity contribution in [2.24, 2.45) is 0 Å². The van der Waals surface area contributed by atoms with Gasteiger partial charge in [0.1, 0.15) is 18.5 Å². The fourth-order valence-electron chi connectivity index (χ4n) is 3.39. The molecule has 0 saturated heterocycles. The summed E-state index contributed by atoms with van der Waals surface area (Å²) in [5.41, 5.74) is 2.68. The van der Waals surface area contributed by atoms with Crippen LogP contribution in [-0.4, -0.2) is 13.4 Å². The van der Waals surface area contributed by atoms with Gasteiger partial charge in [0.25, 0.3) is 5.69 Å². The molecule has 0 saturated carbocycles. The van der Waals surface area contributed by atoms with Crippen LogP contribution in [0.2, 0.25) is 0 Å². The van der Waals surface area contributed by atoms with Gasteiger partial charge in [0.15, 0.2) is 5.75 Å². The Morgan fingerprint density at radius 1 is 0.879 bits per heavy atom. The first-order chi connectivity index (χ1) is 16.2. The minimum absolute atomic E-state index is 0.0679. The first kappa shape index (κ1) is 21.9. The van der Waals surface area contributed by atoms with Gasteiger partial charge in [-0.2, -0.15) is 4.73 Å². The minimum atomic E-state index is -0.460. The third kappa shape index (κ3) is 5.30. The topological polar surface area (TPSA) is 71.7 Å². The maximum Gasteiger partial charge on any atom is 0.260 e. The van der Waals surface area contributed by atoms with E-state index in [-0.39, 0.29) is 18.1 Å². The molecule has 166 valence electrons. The predicted molar refractivity (Wildman–Crippen MR) is 123 cm³/mol. The largest absolute Gasteiger partial charge is 0.618 e. The van der Waals surface area contributed by atoms with E-state index in [2.05, 4.69) is 0 Å². The Kier molecular flexibility index (Phi) is 6.85. The van der Waals surface area contributed by atoms with Gasteiger partial charge < -0.3 is 19.4 Å². The number of rotatable bonds is 9. The number of nitrogens with zero attached hydrogens (tertiary/aromatic N) is 1. The Labute approximate surface area is 192 Å². The molecule has 33 heavy (non-hydrogen) atoms. The highest BCUT2D eigenvalue weighted by Gasteiger charge is 2.22. The zero-order valence-electron chi connectivity index (χ0n) is 18.1. The quantitative estimate of drug-likeness (QED) is 0.210. The normalized spacial score (nSPS) is 10.6. The molecule has 6 heteroatoms. The molecular weight excluding hydrogens is 418 g/mol. The van der Waals surface area contributed by atoms with E-state index in [1.807, 2.05) is 84.9 Å². The predicted octanol–water partition coefficient (Wildman–Crippen LogP) is 4.89. The first-order valence-corrected chi connectivity index (χ1v) is 10.4. The van der Waals surface area contributed by atoms with Crippen LogP contribution in [0.15, 0.2) is 97.2 Å². The standard InChI is InChI=1S/C27H23NO5/c1-31-24-14-12-20(13-15-24)19-32-26-17-28(30)23(18-29)16-25(26)33-27(21-8-4-2-5-9-21)22-10-6-3-7-11-22/h2-18,27H,19H2,1H3. The lowest BCUT2D eigenvalue weighted by Crippen LogP contribution is -2.31. The fourth-order valence-corrected chi connectivity index (χ4v) is 3.39. The number of pyridine rings is 1. The van der Waals surface area contributed by atoms with E-state index in [9.17, 15) is 10.0 Å². The van der Waals surface area contributed by atoms with E-state index < -0.39 is 6.10 Å². The van der Waals surface area contributed by atoms with Crippen LogP contribution in [0.25, 0.3) is 0 Å². The molecule has 0 radical (unpaired) electrons. The van der Waals surface area contributed by atoms with Gasteiger partial charge in [-0.15, -0.1) is 0 Å². The SMILES string of the molecule is COc1ccc(COc2c[n+]([O-])c(C=O)cc2OC(c2ccccc2)c2ccccc2)cc1. The van der Waals surface area contributed by atoms with E-state index in [1.54, 1.807) is 7.11 Å². The molecule has 6 nitrogen and oxygen atoms in total. The second-order valence-electron chi connectivity index (χ2n) is 7.33. The molecule has 0 aliphatic heterocycles. The number of aldehydes is 1. The summed E-state index contributed by atoms with van der Waals surface area (Å²) in [5.74, 6) is 1.28. The van der Waals surface area contributed by atoms with Gasteiger partial charge in [-0.3, -0.25) is 4.79 Å². The molecule has 0 atom stereocenters. The summed E-state index contributed by atoms with van der Waals surface area (Å²) in [4.78, 5) is 11.4. The third-order valence-corrected chi connectivity index (χ3v) is 5.13. The summed E-state index contributed by atoms with van der Waals surface area (Å²) in [5, 5.41) is 12.3. The van der Waals surface area contributed by atoms with Crippen LogP contribution in [0.1, 0.15) is 33.3 Å². The van der Waals surface area contributed by atoms with Crippen LogP contribution < -0.4 is 18.9 Å². The lowest BCUT2D eigenvalue weighted by Gasteiger charge is -2.22. The van der Waals surface area contributed by atoms with Crippen LogP contribution in [0.5, 0.6) is 17.2 Å². The average Bonchev–Trinajstić information content (AvgIpc) is 2.88. The zero-order valence-corrected chi connectivity index (χ0v) is 18.1. The molecule has 1 heterocycles. The summed E-state index contributed by atoms with van der Waals surface area (Å²) in [7, 11) is 1.60. The maximum atomic E-state index is 12.3. The Morgan fingerprint density at radius 3 is 2.03 bits per heavy atom. The highest BCUT2D eigenvalue weighted by molar-refractivity contribution is 5.71. The average molecular weight is 441 g/mol. The van der Waals surface area contributed by atoms with Gasteiger partial charge >= 0.3 is 0 Å². The van der Waals surface area contributed by atoms with Gasteiger partial charge in [0.05, 0.1) is 13.2 Å². The number of benzene rings is 3. The van der Waals surface area contributed by atoms with Crippen LogP contribution in [-0.2, 0) is 6.61 Å². The summed E-state index contributed by atoms with van der Waals surface area (Å²) >= 11 is 0. The van der Waals surface area contributed by atoms with Gasteiger partial charge in [-0.05, 0) is 28.8 Å². The van der Waals surface area contributed by atoms with E-state index in [0.29, 0.717) is 16.8 Å². The van der Waals surface area contributed by atoms with Crippen molar-refractivity contribution >= 4 is 6.29 Å². The fraction of sp³-hybridized carbons (Fsp3) is 0.111. The van der Waals surface area contributed by atoms with Crippen LogP contribution in [0, 0.1) is 5.21 Å². The second kappa shape index (κ2) is 10.3. The number of hydrogen-bond donors (Lipinski definition) is 0. The van der Waals surface area contributed by atoms with E-state index in [1.165, 1.54) is 12.3 Å². The highest BCUT2D eigenvalue weighted by Crippen LogP contribution is 2.34. The molecule has 4 rings (SSSR count). The molecule has 3 aromatic carbocycles. The molecule has 4 aromatic rings. The molecule has 0 amide bonds. The number of aromatic nitrogens is 1. The summed E-state index contributed by atoms with van der Waals surface area (Å²) in [6, 6.07) is 28.3. The van der Waals surface area contributed by atoms with Crippen molar-refractivity contribution in [3.8, 4) is 17.2 Å². The number of hydrogen-bond acceptors (Lipinski definition) is 5. The molecule has 0 N–H and O–H groups in total. The minimum Gasteiger partial charge on any atom is -0.618 e. The molecule has 1 aromatic heterocycles. The van der Waals surface area contributed by atoms with Crippen LogP contribution in [0.4, 0.5) is 0 Å². The summed E-state index contributed by atoms with van der Waals surface area (Å²) in [6.07, 6.45) is 1.25. The molecule has 0 unspecified atom stereocenters. The number of carbonyl (C=O) groups excluding carboxylic acids is 1. The van der Waals surface area contributed by atoms with Gasteiger partial charge in [0.2, 0.25) is 18.2 Å². The number of ether oxygens (including phenoxy) is 3. The smallest absolute Gasteiger partial charge is 0.260 e.